The fourth-order valence-electron chi connectivity index (χ4n) is 2.16. The number of fused-ring (bicyclic) bond motifs is 1. The zero-order valence-electron chi connectivity index (χ0n) is 11.1. The van der Waals surface area contributed by atoms with Gasteiger partial charge in [-0.25, -0.2) is 4.98 Å². The summed E-state index contributed by atoms with van der Waals surface area (Å²) < 4.78 is 0. The topological polar surface area (TPSA) is 24.9 Å². The molecule has 0 saturated carbocycles. The van der Waals surface area contributed by atoms with Crippen LogP contribution in [0.25, 0.3) is 21.5 Å². The number of thiophene rings is 1. The van der Waals surface area contributed by atoms with Crippen LogP contribution in [-0.4, -0.2) is 11.0 Å². The molecule has 0 aliphatic rings. The molecule has 0 aliphatic heterocycles. The fourth-order valence-corrected chi connectivity index (χ4v) is 2.84. The van der Waals surface area contributed by atoms with E-state index in [2.05, 4.69) is 60.9 Å². The number of para-hydroxylation sites is 1. The Balaban J connectivity index is 2.20. The van der Waals surface area contributed by atoms with E-state index in [1.807, 2.05) is 6.07 Å². The Kier molecular flexibility index (Phi) is 3.22. The summed E-state index contributed by atoms with van der Waals surface area (Å²) in [4.78, 5) is 5.96. The van der Waals surface area contributed by atoms with Crippen molar-refractivity contribution in [3.05, 3.63) is 47.8 Å². The Morgan fingerprint density at radius 2 is 1.95 bits per heavy atom. The van der Waals surface area contributed by atoms with Gasteiger partial charge in [0.05, 0.1) is 16.1 Å². The predicted molar refractivity (Wildman–Crippen MR) is 83.8 cm³/mol. The molecule has 0 bridgehead atoms. The van der Waals surface area contributed by atoms with Crippen LogP contribution in [0, 0.1) is 0 Å². The zero-order chi connectivity index (χ0) is 13.2. The highest BCUT2D eigenvalue weighted by molar-refractivity contribution is 7.13. The molecule has 0 saturated heterocycles. The van der Waals surface area contributed by atoms with Crippen LogP contribution in [0.4, 0.5) is 5.69 Å². The molecule has 1 aromatic carbocycles. The number of nitrogens with zero attached hydrogens (tertiary/aromatic N) is 1. The summed E-state index contributed by atoms with van der Waals surface area (Å²) in [5.74, 6) is 0. The summed E-state index contributed by atoms with van der Waals surface area (Å²) in [7, 11) is 0. The highest BCUT2D eigenvalue weighted by Gasteiger charge is 2.08. The van der Waals surface area contributed by atoms with E-state index in [-0.39, 0.29) is 0 Å². The second-order valence-electron chi connectivity index (χ2n) is 4.85. The first-order valence-corrected chi connectivity index (χ1v) is 7.32. The lowest BCUT2D eigenvalue weighted by molar-refractivity contribution is 0.901. The molecule has 0 amide bonds. The normalized spacial score (nSPS) is 11.1. The van der Waals surface area contributed by atoms with E-state index in [0.717, 1.165) is 16.9 Å². The maximum absolute atomic E-state index is 4.76. The molecule has 1 N–H and O–H groups in total. The molecule has 2 aromatic heterocycles. The molecule has 2 nitrogen and oxygen atoms in total. The molecule has 0 atom stereocenters. The molecular formula is C16H16N2S. The van der Waals surface area contributed by atoms with E-state index in [1.165, 1.54) is 10.3 Å². The Morgan fingerprint density at radius 1 is 1.11 bits per heavy atom. The maximum Gasteiger partial charge on any atom is 0.0829 e. The van der Waals surface area contributed by atoms with Crippen LogP contribution in [0.15, 0.2) is 47.8 Å². The summed E-state index contributed by atoms with van der Waals surface area (Å²) in [5.41, 5.74) is 3.23. The van der Waals surface area contributed by atoms with E-state index < -0.39 is 0 Å². The van der Waals surface area contributed by atoms with E-state index in [0.29, 0.717) is 6.04 Å². The van der Waals surface area contributed by atoms with Crippen LogP contribution in [0.3, 0.4) is 0 Å². The van der Waals surface area contributed by atoms with Gasteiger partial charge in [0.1, 0.15) is 0 Å². The van der Waals surface area contributed by atoms with Crippen molar-refractivity contribution in [2.75, 3.05) is 5.32 Å². The van der Waals surface area contributed by atoms with Crippen LogP contribution in [0.2, 0.25) is 0 Å². The molecule has 0 aliphatic carbocycles. The number of nitrogens with one attached hydrogen (secondary N) is 1. The first-order chi connectivity index (χ1) is 9.24. The lowest BCUT2D eigenvalue weighted by Crippen LogP contribution is -2.10. The zero-order valence-corrected chi connectivity index (χ0v) is 11.9. The Labute approximate surface area is 117 Å². The Hall–Kier alpha value is -1.87. The maximum atomic E-state index is 4.76. The van der Waals surface area contributed by atoms with Gasteiger partial charge in [-0.3, -0.25) is 0 Å². The van der Waals surface area contributed by atoms with Gasteiger partial charge >= 0.3 is 0 Å². The Morgan fingerprint density at radius 3 is 2.68 bits per heavy atom. The second kappa shape index (κ2) is 5.02. The number of hydrogen-bond acceptors (Lipinski definition) is 3. The predicted octanol–water partition coefficient (Wildman–Crippen LogP) is 4.78. The molecule has 3 aromatic rings. The first-order valence-electron chi connectivity index (χ1n) is 6.44. The van der Waals surface area contributed by atoms with E-state index >= 15 is 0 Å². The molecule has 0 unspecified atom stereocenters. The molecule has 3 rings (SSSR count). The molecular weight excluding hydrogens is 252 g/mol. The monoisotopic (exact) mass is 268 g/mol. The van der Waals surface area contributed by atoms with E-state index in [4.69, 9.17) is 4.98 Å². The first kappa shape index (κ1) is 12.2. The largest absolute Gasteiger partial charge is 0.382 e. The van der Waals surface area contributed by atoms with Gasteiger partial charge in [0.15, 0.2) is 0 Å². The molecule has 19 heavy (non-hydrogen) atoms. The number of rotatable bonds is 3. The average Bonchev–Trinajstić information content (AvgIpc) is 2.92. The number of benzene rings is 1. The summed E-state index contributed by atoms with van der Waals surface area (Å²) >= 11 is 1.72. The minimum Gasteiger partial charge on any atom is -0.382 e. The third kappa shape index (κ3) is 2.47. The van der Waals surface area contributed by atoms with Crippen molar-refractivity contribution >= 4 is 27.9 Å². The third-order valence-corrected chi connectivity index (χ3v) is 3.83. The van der Waals surface area contributed by atoms with Crippen molar-refractivity contribution < 1.29 is 0 Å². The number of anilines is 1. The van der Waals surface area contributed by atoms with E-state index in [9.17, 15) is 0 Å². The number of pyridine rings is 1. The molecule has 96 valence electrons. The van der Waals surface area contributed by atoms with Crippen LogP contribution >= 0.6 is 11.3 Å². The van der Waals surface area contributed by atoms with Gasteiger partial charge in [-0.1, -0.05) is 24.3 Å². The molecule has 0 fully saturated rings. The standard InChI is InChI=1S/C16H16N2S/c1-11(2)17-14-10-15(16-8-5-9-19-16)18-13-7-4-3-6-12(13)14/h3-11H,1-2H3,(H,17,18). The van der Waals surface area contributed by atoms with Crippen molar-refractivity contribution in [3.63, 3.8) is 0 Å². The van der Waals surface area contributed by atoms with Gasteiger partial charge in [0, 0.05) is 17.1 Å². The highest BCUT2D eigenvalue weighted by Crippen LogP contribution is 2.30. The van der Waals surface area contributed by atoms with Crippen molar-refractivity contribution in [1.82, 2.24) is 4.98 Å². The smallest absolute Gasteiger partial charge is 0.0829 e. The van der Waals surface area contributed by atoms with Crippen LogP contribution < -0.4 is 5.32 Å². The van der Waals surface area contributed by atoms with E-state index in [1.54, 1.807) is 11.3 Å². The second-order valence-corrected chi connectivity index (χ2v) is 5.80. The van der Waals surface area contributed by atoms with Crippen molar-refractivity contribution in [3.8, 4) is 10.6 Å². The number of aromatic nitrogens is 1. The van der Waals surface area contributed by atoms with Crippen LogP contribution in [0.1, 0.15) is 13.8 Å². The van der Waals surface area contributed by atoms with Gasteiger partial charge in [0.2, 0.25) is 0 Å². The Bertz CT molecular complexity index is 687. The fraction of sp³-hybridized carbons (Fsp3) is 0.188. The average molecular weight is 268 g/mol. The lowest BCUT2D eigenvalue weighted by Gasteiger charge is -2.14. The van der Waals surface area contributed by atoms with Gasteiger partial charge in [-0.15, -0.1) is 11.3 Å². The molecule has 3 heteroatoms. The van der Waals surface area contributed by atoms with Crippen LogP contribution in [-0.2, 0) is 0 Å². The molecule has 2 heterocycles. The minimum atomic E-state index is 0.405. The minimum absolute atomic E-state index is 0.405. The van der Waals surface area contributed by atoms with Gasteiger partial charge in [0.25, 0.3) is 0 Å². The van der Waals surface area contributed by atoms with Crippen LogP contribution in [0.5, 0.6) is 0 Å². The van der Waals surface area contributed by atoms with Crippen molar-refractivity contribution in [2.45, 2.75) is 19.9 Å². The quantitative estimate of drug-likeness (QED) is 0.739. The SMILES string of the molecule is CC(C)Nc1cc(-c2cccs2)nc2ccccc12. The number of hydrogen-bond donors (Lipinski definition) is 1. The lowest BCUT2D eigenvalue weighted by atomic mass is 10.1. The van der Waals surface area contributed by atoms with Crippen molar-refractivity contribution in [1.29, 1.82) is 0 Å². The highest BCUT2D eigenvalue weighted by atomic mass is 32.1. The summed E-state index contributed by atoms with van der Waals surface area (Å²) in [6.45, 7) is 4.31. The van der Waals surface area contributed by atoms with Crippen molar-refractivity contribution in [2.24, 2.45) is 0 Å². The summed E-state index contributed by atoms with van der Waals surface area (Å²) in [5, 5.41) is 6.78. The summed E-state index contributed by atoms with van der Waals surface area (Å²) in [6.07, 6.45) is 0. The molecule has 0 spiro atoms. The van der Waals surface area contributed by atoms with Gasteiger partial charge in [-0.2, -0.15) is 0 Å². The third-order valence-electron chi connectivity index (χ3n) is 2.93. The van der Waals surface area contributed by atoms with Gasteiger partial charge < -0.3 is 5.32 Å². The molecule has 0 radical (unpaired) electrons. The summed E-state index contributed by atoms with van der Waals surface area (Å²) in [6, 6.07) is 15.0. The van der Waals surface area contributed by atoms with Gasteiger partial charge in [-0.05, 0) is 37.4 Å².